The summed E-state index contributed by atoms with van der Waals surface area (Å²) >= 11 is 7.77. The van der Waals surface area contributed by atoms with E-state index in [1.54, 1.807) is 17.3 Å². The first-order valence-corrected chi connectivity index (χ1v) is 11.8. The Kier molecular flexibility index (Phi) is 7.11. The summed E-state index contributed by atoms with van der Waals surface area (Å²) in [6.45, 7) is 4.58. The summed E-state index contributed by atoms with van der Waals surface area (Å²) in [6.07, 6.45) is 3.44. The summed E-state index contributed by atoms with van der Waals surface area (Å²) in [5.41, 5.74) is 4.98. The van der Waals surface area contributed by atoms with E-state index in [-0.39, 0.29) is 11.7 Å². The molecule has 6 nitrogen and oxygen atoms in total. The lowest BCUT2D eigenvalue weighted by Gasteiger charge is -2.18. The Bertz CT molecular complexity index is 1280. The number of hydrogen-bond acceptors (Lipinski definition) is 5. The first-order valence-electron chi connectivity index (χ1n) is 10.5. The van der Waals surface area contributed by atoms with Crippen LogP contribution >= 0.6 is 23.4 Å². The molecule has 0 fully saturated rings. The molecule has 0 N–H and O–H groups in total. The van der Waals surface area contributed by atoms with Crippen LogP contribution < -0.4 is 0 Å². The number of hydrogen-bond donors (Lipinski definition) is 0. The third kappa shape index (κ3) is 5.10. The average molecular weight is 478 g/mol. The zero-order chi connectivity index (χ0) is 23.4. The fourth-order valence-electron chi connectivity index (χ4n) is 3.47. The zero-order valence-corrected chi connectivity index (χ0v) is 20.3. The quantitative estimate of drug-likeness (QED) is 0.336. The van der Waals surface area contributed by atoms with Crippen molar-refractivity contribution in [2.45, 2.75) is 25.5 Å². The molecule has 8 heteroatoms. The van der Waals surface area contributed by atoms with Gasteiger partial charge in [0.1, 0.15) is 0 Å². The molecule has 0 aliphatic rings. The highest BCUT2D eigenvalue weighted by molar-refractivity contribution is 7.99. The number of aromatic nitrogens is 4. The van der Waals surface area contributed by atoms with Crippen LogP contribution in [-0.2, 0) is 11.3 Å². The first kappa shape index (κ1) is 23.0. The van der Waals surface area contributed by atoms with Crippen molar-refractivity contribution >= 4 is 29.3 Å². The lowest BCUT2D eigenvalue weighted by atomic mass is 10.1. The molecule has 33 heavy (non-hydrogen) atoms. The summed E-state index contributed by atoms with van der Waals surface area (Å²) in [5.74, 6) is 0.938. The van der Waals surface area contributed by atoms with E-state index in [1.807, 2.05) is 67.1 Å². The standard InChI is InChI=1S/C25H24ClN5OS/c1-17-7-4-5-8-20(17)15-30(3)23(32)16-33-25-29-28-24(19-11-13-27-14-12-19)31(25)22-10-6-9-21(26)18(22)2/h4-14H,15-16H2,1-3H3. The molecule has 2 aromatic carbocycles. The van der Waals surface area contributed by atoms with Gasteiger partial charge in [0.05, 0.1) is 11.4 Å². The molecule has 0 saturated carbocycles. The van der Waals surface area contributed by atoms with Crippen LogP contribution in [0.5, 0.6) is 0 Å². The van der Waals surface area contributed by atoms with Crippen molar-refractivity contribution in [3.8, 4) is 17.1 Å². The first-order chi connectivity index (χ1) is 16.0. The Labute approximate surface area is 202 Å². The normalized spacial score (nSPS) is 10.9. The summed E-state index contributed by atoms with van der Waals surface area (Å²) in [6, 6.07) is 17.6. The van der Waals surface area contributed by atoms with E-state index in [2.05, 4.69) is 28.2 Å². The molecule has 0 aliphatic heterocycles. The molecular weight excluding hydrogens is 454 g/mol. The number of carbonyl (C=O) groups is 1. The number of rotatable bonds is 7. The molecule has 1 amide bonds. The second-order valence-electron chi connectivity index (χ2n) is 7.73. The largest absolute Gasteiger partial charge is 0.341 e. The van der Waals surface area contributed by atoms with Gasteiger partial charge >= 0.3 is 0 Å². The Morgan fingerprint density at radius 1 is 1.03 bits per heavy atom. The summed E-state index contributed by atoms with van der Waals surface area (Å²) in [4.78, 5) is 18.7. The van der Waals surface area contributed by atoms with Gasteiger partial charge in [-0.15, -0.1) is 10.2 Å². The third-order valence-corrected chi connectivity index (χ3v) is 6.79. The second kappa shape index (κ2) is 10.2. The molecule has 0 aliphatic carbocycles. The highest BCUT2D eigenvalue weighted by Crippen LogP contribution is 2.31. The molecule has 0 saturated heterocycles. The zero-order valence-electron chi connectivity index (χ0n) is 18.7. The van der Waals surface area contributed by atoms with E-state index >= 15 is 0 Å². The van der Waals surface area contributed by atoms with Crippen LogP contribution in [0.15, 0.2) is 72.1 Å². The van der Waals surface area contributed by atoms with Gasteiger partial charge in [0, 0.05) is 36.6 Å². The predicted molar refractivity (Wildman–Crippen MR) is 133 cm³/mol. The SMILES string of the molecule is Cc1ccccc1CN(C)C(=O)CSc1nnc(-c2ccncc2)n1-c1cccc(Cl)c1C. The van der Waals surface area contributed by atoms with E-state index in [0.717, 1.165) is 22.4 Å². The minimum atomic E-state index is 0.0195. The fraction of sp³-hybridized carbons (Fsp3) is 0.200. The molecule has 2 heterocycles. The van der Waals surface area contributed by atoms with Gasteiger partial charge in [0.15, 0.2) is 11.0 Å². The predicted octanol–water partition coefficient (Wildman–Crippen LogP) is 5.35. The molecule has 0 spiro atoms. The fourth-order valence-corrected chi connectivity index (χ4v) is 4.53. The molecule has 4 aromatic rings. The second-order valence-corrected chi connectivity index (χ2v) is 9.08. The van der Waals surface area contributed by atoms with Gasteiger partial charge in [-0.2, -0.15) is 0 Å². The maximum atomic E-state index is 12.9. The summed E-state index contributed by atoms with van der Waals surface area (Å²) < 4.78 is 1.95. The molecule has 0 radical (unpaired) electrons. The number of carbonyl (C=O) groups excluding carboxylic acids is 1. The number of benzene rings is 2. The van der Waals surface area contributed by atoms with Crippen molar-refractivity contribution in [3.63, 3.8) is 0 Å². The van der Waals surface area contributed by atoms with Crippen LogP contribution in [0, 0.1) is 13.8 Å². The van der Waals surface area contributed by atoms with Crippen molar-refractivity contribution in [1.82, 2.24) is 24.6 Å². The van der Waals surface area contributed by atoms with Gasteiger partial charge in [-0.1, -0.05) is 53.7 Å². The highest BCUT2D eigenvalue weighted by atomic mass is 35.5. The number of nitrogens with zero attached hydrogens (tertiary/aromatic N) is 5. The number of aryl methyl sites for hydroxylation is 1. The van der Waals surface area contributed by atoms with E-state index < -0.39 is 0 Å². The van der Waals surface area contributed by atoms with Crippen molar-refractivity contribution in [2.75, 3.05) is 12.8 Å². The summed E-state index contributed by atoms with van der Waals surface area (Å²) in [7, 11) is 1.82. The van der Waals surface area contributed by atoms with Crippen LogP contribution in [-0.4, -0.2) is 43.4 Å². The van der Waals surface area contributed by atoms with Gasteiger partial charge in [-0.25, -0.2) is 0 Å². The highest BCUT2D eigenvalue weighted by Gasteiger charge is 2.20. The number of pyridine rings is 1. The molecule has 0 atom stereocenters. The van der Waals surface area contributed by atoms with Gasteiger partial charge in [0.25, 0.3) is 0 Å². The smallest absolute Gasteiger partial charge is 0.233 e. The minimum absolute atomic E-state index is 0.0195. The Hall–Kier alpha value is -3.16. The van der Waals surface area contributed by atoms with Crippen molar-refractivity contribution in [2.24, 2.45) is 0 Å². The molecule has 0 unspecified atom stereocenters. The minimum Gasteiger partial charge on any atom is -0.341 e. The van der Waals surface area contributed by atoms with Crippen molar-refractivity contribution in [3.05, 3.63) is 88.7 Å². The van der Waals surface area contributed by atoms with Crippen molar-refractivity contribution < 1.29 is 4.79 Å². The molecule has 0 bridgehead atoms. The van der Waals surface area contributed by atoms with Gasteiger partial charge in [0.2, 0.25) is 5.91 Å². The Balaban J connectivity index is 1.60. The molecule has 2 aromatic heterocycles. The van der Waals surface area contributed by atoms with Gasteiger partial charge < -0.3 is 4.90 Å². The Morgan fingerprint density at radius 3 is 2.55 bits per heavy atom. The van der Waals surface area contributed by atoms with Crippen molar-refractivity contribution in [1.29, 1.82) is 0 Å². The topological polar surface area (TPSA) is 63.9 Å². The molecular formula is C25H24ClN5OS. The van der Waals surface area contributed by atoms with E-state index in [0.29, 0.717) is 22.5 Å². The van der Waals surface area contributed by atoms with E-state index in [1.165, 1.54) is 17.3 Å². The molecule has 4 rings (SSSR count). The van der Waals surface area contributed by atoms with Crippen LogP contribution in [0.25, 0.3) is 17.1 Å². The number of amides is 1. The van der Waals surface area contributed by atoms with Gasteiger partial charge in [-0.05, 0) is 54.8 Å². The third-order valence-electron chi connectivity index (χ3n) is 5.47. The number of halogens is 1. The van der Waals surface area contributed by atoms with E-state index in [4.69, 9.17) is 11.6 Å². The lowest BCUT2D eigenvalue weighted by Crippen LogP contribution is -2.28. The van der Waals surface area contributed by atoms with Crippen LogP contribution in [0.3, 0.4) is 0 Å². The lowest BCUT2D eigenvalue weighted by molar-refractivity contribution is -0.127. The van der Waals surface area contributed by atoms with Crippen LogP contribution in [0.2, 0.25) is 5.02 Å². The Morgan fingerprint density at radius 2 is 1.79 bits per heavy atom. The van der Waals surface area contributed by atoms with Crippen LogP contribution in [0.4, 0.5) is 0 Å². The van der Waals surface area contributed by atoms with Gasteiger partial charge in [-0.3, -0.25) is 14.3 Å². The number of thioether (sulfide) groups is 1. The maximum Gasteiger partial charge on any atom is 0.233 e. The van der Waals surface area contributed by atoms with Crippen LogP contribution in [0.1, 0.15) is 16.7 Å². The average Bonchev–Trinajstić information content (AvgIpc) is 3.25. The monoisotopic (exact) mass is 477 g/mol. The van der Waals surface area contributed by atoms with E-state index in [9.17, 15) is 4.79 Å². The maximum absolute atomic E-state index is 12.9. The summed E-state index contributed by atoms with van der Waals surface area (Å²) in [5, 5.41) is 10.1. The molecule has 168 valence electrons.